The van der Waals surface area contributed by atoms with Crippen LogP contribution in [0.15, 0.2) is 24.3 Å². The van der Waals surface area contributed by atoms with E-state index in [2.05, 4.69) is 39.4 Å². The molecule has 0 saturated carbocycles. The smallest absolute Gasteiger partial charge is 0.0237 e. The van der Waals surface area contributed by atoms with Gasteiger partial charge in [0.15, 0.2) is 0 Å². The van der Waals surface area contributed by atoms with Gasteiger partial charge in [-0.05, 0) is 63.5 Å². The number of likely N-dealkylation sites (tertiary alicyclic amines) is 2. The van der Waals surface area contributed by atoms with Crippen molar-refractivity contribution in [3.05, 3.63) is 35.4 Å². The van der Waals surface area contributed by atoms with Crippen LogP contribution in [-0.2, 0) is 13.0 Å². The molecule has 0 radical (unpaired) electrons. The lowest BCUT2D eigenvalue weighted by atomic mass is 10.0. The number of rotatable bonds is 6. The predicted octanol–water partition coefficient (Wildman–Crippen LogP) is 2.12. The average molecular weight is 287 g/mol. The topological polar surface area (TPSA) is 18.5 Å². The van der Waals surface area contributed by atoms with Crippen molar-refractivity contribution in [2.24, 2.45) is 0 Å². The van der Waals surface area contributed by atoms with Crippen molar-refractivity contribution < 1.29 is 0 Å². The van der Waals surface area contributed by atoms with Gasteiger partial charge in [0.05, 0.1) is 0 Å². The van der Waals surface area contributed by atoms with Gasteiger partial charge in [-0.3, -0.25) is 9.80 Å². The van der Waals surface area contributed by atoms with Crippen LogP contribution in [0.3, 0.4) is 0 Å². The molecule has 2 saturated heterocycles. The van der Waals surface area contributed by atoms with Gasteiger partial charge in [-0.1, -0.05) is 24.3 Å². The number of hydrogen-bond acceptors (Lipinski definition) is 3. The minimum absolute atomic E-state index is 0.817. The van der Waals surface area contributed by atoms with Crippen LogP contribution in [0.2, 0.25) is 0 Å². The van der Waals surface area contributed by atoms with Crippen LogP contribution in [0.4, 0.5) is 0 Å². The third kappa shape index (κ3) is 3.85. The molecule has 21 heavy (non-hydrogen) atoms. The summed E-state index contributed by atoms with van der Waals surface area (Å²) in [5, 5.41) is 3.26. The Morgan fingerprint density at radius 2 is 1.86 bits per heavy atom. The number of likely N-dealkylation sites (N-methyl/N-ethyl adjacent to an activating group) is 1. The first kappa shape index (κ1) is 15.0. The summed E-state index contributed by atoms with van der Waals surface area (Å²) >= 11 is 0. The van der Waals surface area contributed by atoms with Gasteiger partial charge in [-0.2, -0.15) is 0 Å². The summed E-state index contributed by atoms with van der Waals surface area (Å²) in [5.41, 5.74) is 3.03. The monoisotopic (exact) mass is 287 g/mol. The normalized spacial score (nSPS) is 24.0. The molecular formula is C18H29N3. The van der Waals surface area contributed by atoms with Crippen LogP contribution in [0.1, 0.15) is 30.4 Å². The molecule has 1 N–H and O–H groups in total. The second-order valence-electron chi connectivity index (χ2n) is 6.54. The highest BCUT2D eigenvalue weighted by Gasteiger charge is 2.29. The molecule has 2 aliphatic rings. The van der Waals surface area contributed by atoms with Gasteiger partial charge in [-0.25, -0.2) is 0 Å². The lowest BCUT2D eigenvalue weighted by molar-refractivity contribution is 0.229. The summed E-state index contributed by atoms with van der Waals surface area (Å²) in [7, 11) is 2.03. The van der Waals surface area contributed by atoms with Crippen molar-refractivity contribution in [1.29, 1.82) is 0 Å². The van der Waals surface area contributed by atoms with E-state index in [1.54, 1.807) is 0 Å². The first-order valence-electron chi connectivity index (χ1n) is 8.54. The Morgan fingerprint density at radius 1 is 1.10 bits per heavy atom. The molecule has 3 heteroatoms. The third-order valence-electron chi connectivity index (χ3n) is 5.06. The number of nitrogens with one attached hydrogen (secondary N) is 1. The molecule has 1 atom stereocenters. The molecule has 0 amide bonds. The quantitative estimate of drug-likeness (QED) is 0.864. The second-order valence-corrected chi connectivity index (χ2v) is 6.54. The fourth-order valence-corrected chi connectivity index (χ4v) is 3.82. The van der Waals surface area contributed by atoms with Gasteiger partial charge in [-0.15, -0.1) is 0 Å². The van der Waals surface area contributed by atoms with E-state index in [0.717, 1.165) is 25.6 Å². The van der Waals surface area contributed by atoms with Crippen LogP contribution in [0, 0.1) is 0 Å². The largest absolute Gasteiger partial charge is 0.319 e. The zero-order chi connectivity index (χ0) is 14.5. The zero-order valence-electron chi connectivity index (χ0n) is 13.4. The Labute approximate surface area is 129 Å². The van der Waals surface area contributed by atoms with Crippen LogP contribution in [0.25, 0.3) is 0 Å². The van der Waals surface area contributed by atoms with Crippen molar-refractivity contribution in [1.82, 2.24) is 15.1 Å². The van der Waals surface area contributed by atoms with Crippen molar-refractivity contribution in [2.75, 3.05) is 39.8 Å². The molecule has 1 unspecified atom stereocenters. The Hall–Kier alpha value is -0.900. The van der Waals surface area contributed by atoms with E-state index in [1.165, 1.54) is 56.6 Å². The van der Waals surface area contributed by atoms with E-state index in [4.69, 9.17) is 0 Å². The maximum Gasteiger partial charge on any atom is 0.0237 e. The summed E-state index contributed by atoms with van der Waals surface area (Å²) in [4.78, 5) is 5.37. The van der Waals surface area contributed by atoms with Gasteiger partial charge in [0.2, 0.25) is 0 Å². The number of hydrogen-bond donors (Lipinski definition) is 1. The van der Waals surface area contributed by atoms with E-state index < -0.39 is 0 Å². The van der Waals surface area contributed by atoms with Crippen LogP contribution in [-0.4, -0.2) is 55.6 Å². The first-order valence-corrected chi connectivity index (χ1v) is 8.54. The Balaban J connectivity index is 1.57. The maximum absolute atomic E-state index is 3.26. The molecule has 116 valence electrons. The number of benzene rings is 1. The second kappa shape index (κ2) is 7.39. The molecule has 0 bridgehead atoms. The predicted molar refractivity (Wildman–Crippen MR) is 88.6 cm³/mol. The molecule has 2 aliphatic heterocycles. The highest BCUT2D eigenvalue weighted by Crippen LogP contribution is 2.22. The summed E-state index contributed by atoms with van der Waals surface area (Å²) < 4.78 is 0. The highest BCUT2D eigenvalue weighted by molar-refractivity contribution is 5.27. The maximum atomic E-state index is 3.26. The van der Waals surface area contributed by atoms with Crippen LogP contribution >= 0.6 is 0 Å². The van der Waals surface area contributed by atoms with Crippen molar-refractivity contribution in [3.8, 4) is 0 Å². The molecule has 1 aromatic carbocycles. The standard InChI is InChI=1S/C18H29N3/c1-19-10-8-16-6-2-3-7-17(16)14-20-13-9-18(15-20)21-11-4-5-12-21/h2-3,6-7,18-19H,4-5,8-15H2,1H3. The van der Waals surface area contributed by atoms with E-state index >= 15 is 0 Å². The van der Waals surface area contributed by atoms with Gasteiger partial charge < -0.3 is 5.32 Å². The lowest BCUT2D eigenvalue weighted by Gasteiger charge is -2.24. The summed E-state index contributed by atoms with van der Waals surface area (Å²) in [6.45, 7) is 7.38. The molecule has 2 fully saturated rings. The first-order chi connectivity index (χ1) is 10.4. The Bertz CT molecular complexity index is 440. The molecule has 3 rings (SSSR count). The average Bonchev–Trinajstić information content (AvgIpc) is 3.17. The fourth-order valence-electron chi connectivity index (χ4n) is 3.82. The summed E-state index contributed by atoms with van der Waals surface area (Å²) in [6.07, 6.45) is 5.31. The van der Waals surface area contributed by atoms with Gasteiger partial charge in [0.1, 0.15) is 0 Å². The molecular weight excluding hydrogens is 258 g/mol. The van der Waals surface area contributed by atoms with Crippen molar-refractivity contribution in [2.45, 2.75) is 38.3 Å². The van der Waals surface area contributed by atoms with E-state index in [0.29, 0.717) is 0 Å². The lowest BCUT2D eigenvalue weighted by Crippen LogP contribution is -2.35. The van der Waals surface area contributed by atoms with Crippen LogP contribution < -0.4 is 5.32 Å². The Kier molecular flexibility index (Phi) is 5.28. The zero-order valence-corrected chi connectivity index (χ0v) is 13.4. The van der Waals surface area contributed by atoms with Gasteiger partial charge >= 0.3 is 0 Å². The van der Waals surface area contributed by atoms with E-state index in [-0.39, 0.29) is 0 Å². The molecule has 0 aromatic heterocycles. The molecule has 0 aliphatic carbocycles. The molecule has 0 spiro atoms. The Morgan fingerprint density at radius 3 is 2.62 bits per heavy atom. The SMILES string of the molecule is CNCCc1ccccc1CN1CCC(N2CCCC2)C1. The van der Waals surface area contributed by atoms with Gasteiger partial charge in [0.25, 0.3) is 0 Å². The van der Waals surface area contributed by atoms with Crippen LogP contribution in [0.5, 0.6) is 0 Å². The van der Waals surface area contributed by atoms with E-state index in [9.17, 15) is 0 Å². The minimum Gasteiger partial charge on any atom is -0.319 e. The summed E-state index contributed by atoms with van der Waals surface area (Å²) in [6, 6.07) is 9.78. The highest BCUT2D eigenvalue weighted by atomic mass is 15.3. The molecule has 2 heterocycles. The molecule has 1 aromatic rings. The summed E-state index contributed by atoms with van der Waals surface area (Å²) in [5.74, 6) is 0. The van der Waals surface area contributed by atoms with Gasteiger partial charge in [0, 0.05) is 25.7 Å². The molecule has 3 nitrogen and oxygen atoms in total. The van der Waals surface area contributed by atoms with Crippen molar-refractivity contribution >= 4 is 0 Å². The van der Waals surface area contributed by atoms with Crippen molar-refractivity contribution in [3.63, 3.8) is 0 Å². The fraction of sp³-hybridized carbons (Fsp3) is 0.667. The van der Waals surface area contributed by atoms with E-state index in [1.807, 2.05) is 7.05 Å². The number of nitrogens with zero attached hydrogens (tertiary/aromatic N) is 2. The third-order valence-corrected chi connectivity index (χ3v) is 5.06. The minimum atomic E-state index is 0.817.